The number of benzene rings is 1. The molecular formula is C17H18N2O3S. The van der Waals surface area contributed by atoms with Crippen molar-refractivity contribution < 1.29 is 14.3 Å². The zero-order valence-electron chi connectivity index (χ0n) is 13.5. The SMILES string of the molecule is COC(=O)C1=C(C)N=C2S[C@@H](C)C(=O)N2[C@H]1c1ccc(C)cc1. The number of esters is 1. The second kappa shape index (κ2) is 5.85. The molecular weight excluding hydrogens is 312 g/mol. The first-order chi connectivity index (χ1) is 10.9. The van der Waals surface area contributed by atoms with Gasteiger partial charge in [0.25, 0.3) is 0 Å². The van der Waals surface area contributed by atoms with Crippen LogP contribution >= 0.6 is 11.8 Å². The van der Waals surface area contributed by atoms with E-state index in [2.05, 4.69) is 4.99 Å². The number of amidine groups is 1. The number of fused-ring (bicyclic) bond motifs is 1. The quantitative estimate of drug-likeness (QED) is 0.783. The summed E-state index contributed by atoms with van der Waals surface area (Å²) in [7, 11) is 1.34. The average Bonchev–Trinajstić information content (AvgIpc) is 2.80. The molecule has 2 atom stereocenters. The molecule has 0 saturated carbocycles. The lowest BCUT2D eigenvalue weighted by molar-refractivity contribution is -0.137. The summed E-state index contributed by atoms with van der Waals surface area (Å²) in [6.07, 6.45) is 0. The van der Waals surface area contributed by atoms with Crippen LogP contribution in [0.2, 0.25) is 0 Å². The van der Waals surface area contributed by atoms with Crippen LogP contribution in [0.4, 0.5) is 0 Å². The topological polar surface area (TPSA) is 59.0 Å². The monoisotopic (exact) mass is 330 g/mol. The number of ether oxygens (including phenoxy) is 1. The predicted molar refractivity (Wildman–Crippen MR) is 90.0 cm³/mol. The minimum atomic E-state index is -0.486. The van der Waals surface area contributed by atoms with Crippen LogP contribution < -0.4 is 0 Å². The minimum absolute atomic E-state index is 0.0340. The maximum atomic E-state index is 12.6. The fourth-order valence-electron chi connectivity index (χ4n) is 2.84. The van der Waals surface area contributed by atoms with E-state index in [9.17, 15) is 9.59 Å². The maximum Gasteiger partial charge on any atom is 0.338 e. The highest BCUT2D eigenvalue weighted by molar-refractivity contribution is 8.15. The lowest BCUT2D eigenvalue weighted by Gasteiger charge is -2.32. The van der Waals surface area contributed by atoms with Crippen molar-refractivity contribution in [2.75, 3.05) is 7.11 Å². The summed E-state index contributed by atoms with van der Waals surface area (Å²) >= 11 is 1.42. The lowest BCUT2D eigenvalue weighted by Crippen LogP contribution is -2.40. The third kappa shape index (κ3) is 2.57. The number of carbonyl (C=O) groups is 2. The highest BCUT2D eigenvalue weighted by Crippen LogP contribution is 2.43. The molecule has 2 aliphatic heterocycles. The van der Waals surface area contributed by atoms with Gasteiger partial charge in [0.2, 0.25) is 5.91 Å². The van der Waals surface area contributed by atoms with Gasteiger partial charge in [0.05, 0.1) is 29.7 Å². The molecule has 120 valence electrons. The molecule has 0 aromatic heterocycles. The Balaban J connectivity index is 2.17. The van der Waals surface area contributed by atoms with Gasteiger partial charge in [-0.1, -0.05) is 41.6 Å². The number of rotatable bonds is 2. The molecule has 0 N–H and O–H groups in total. The molecule has 2 heterocycles. The van der Waals surface area contributed by atoms with Gasteiger partial charge < -0.3 is 4.74 Å². The third-order valence-electron chi connectivity index (χ3n) is 4.06. The summed E-state index contributed by atoms with van der Waals surface area (Å²) in [5.41, 5.74) is 3.02. The van der Waals surface area contributed by atoms with Crippen LogP contribution in [0.5, 0.6) is 0 Å². The predicted octanol–water partition coefficient (Wildman–Crippen LogP) is 2.82. The van der Waals surface area contributed by atoms with Gasteiger partial charge in [-0.05, 0) is 26.3 Å². The number of aryl methyl sites for hydroxylation is 1. The lowest BCUT2D eigenvalue weighted by atomic mass is 9.94. The average molecular weight is 330 g/mol. The van der Waals surface area contributed by atoms with E-state index in [1.165, 1.54) is 18.9 Å². The van der Waals surface area contributed by atoms with E-state index in [-0.39, 0.29) is 11.2 Å². The van der Waals surface area contributed by atoms with E-state index in [0.29, 0.717) is 16.4 Å². The molecule has 1 aromatic carbocycles. The standard InChI is InChI=1S/C17H18N2O3S/c1-9-5-7-12(8-6-9)14-13(16(21)22-4)10(2)18-17-19(14)15(20)11(3)23-17/h5-8,11,14H,1-4H3/t11-,14-/m0/s1. The van der Waals surface area contributed by atoms with Gasteiger partial charge in [0, 0.05) is 0 Å². The van der Waals surface area contributed by atoms with Gasteiger partial charge in [-0.3, -0.25) is 9.69 Å². The molecule has 1 amide bonds. The Morgan fingerprint density at radius 1 is 1.26 bits per heavy atom. The number of amides is 1. The molecule has 1 fully saturated rings. The van der Waals surface area contributed by atoms with Crippen molar-refractivity contribution in [3.05, 3.63) is 46.7 Å². The number of allylic oxidation sites excluding steroid dienone is 1. The Labute approximate surface area is 139 Å². The molecule has 0 spiro atoms. The number of hydrogen-bond acceptors (Lipinski definition) is 5. The normalized spacial score (nSPS) is 23.7. The van der Waals surface area contributed by atoms with Gasteiger partial charge in [-0.15, -0.1) is 0 Å². The fraction of sp³-hybridized carbons (Fsp3) is 0.353. The number of carbonyl (C=O) groups excluding carboxylic acids is 2. The van der Waals surface area contributed by atoms with Crippen molar-refractivity contribution >= 4 is 28.8 Å². The van der Waals surface area contributed by atoms with Gasteiger partial charge >= 0.3 is 5.97 Å². The molecule has 6 heteroatoms. The fourth-order valence-corrected chi connectivity index (χ4v) is 3.87. The molecule has 1 aromatic rings. The van der Waals surface area contributed by atoms with Crippen LogP contribution in [-0.4, -0.2) is 34.3 Å². The molecule has 0 aliphatic carbocycles. The van der Waals surface area contributed by atoms with Gasteiger partial charge in [0.15, 0.2) is 5.17 Å². The van der Waals surface area contributed by atoms with Crippen LogP contribution in [-0.2, 0) is 14.3 Å². The van der Waals surface area contributed by atoms with Gasteiger partial charge in [-0.25, -0.2) is 9.79 Å². The summed E-state index contributed by atoms with van der Waals surface area (Å²) in [5, 5.41) is 0.449. The second-order valence-corrected chi connectivity index (χ2v) is 6.97. The van der Waals surface area contributed by atoms with Crippen molar-refractivity contribution in [3.63, 3.8) is 0 Å². The van der Waals surface area contributed by atoms with Crippen LogP contribution in [0.15, 0.2) is 40.5 Å². The molecule has 23 heavy (non-hydrogen) atoms. The van der Waals surface area contributed by atoms with E-state index in [1.807, 2.05) is 38.1 Å². The molecule has 5 nitrogen and oxygen atoms in total. The van der Waals surface area contributed by atoms with Crippen molar-refractivity contribution in [2.45, 2.75) is 32.1 Å². The summed E-state index contributed by atoms with van der Waals surface area (Å²) in [4.78, 5) is 31.0. The third-order valence-corrected chi connectivity index (χ3v) is 5.11. The number of hydrogen-bond donors (Lipinski definition) is 0. The van der Waals surface area contributed by atoms with Crippen LogP contribution in [0.1, 0.15) is 31.0 Å². The maximum absolute atomic E-state index is 12.6. The number of thioether (sulfide) groups is 1. The first-order valence-corrected chi connectivity index (χ1v) is 8.26. The smallest absolute Gasteiger partial charge is 0.338 e. The molecule has 1 saturated heterocycles. The van der Waals surface area contributed by atoms with Crippen LogP contribution in [0.25, 0.3) is 0 Å². The summed E-state index contributed by atoms with van der Waals surface area (Å²) in [6, 6.07) is 7.35. The van der Waals surface area contributed by atoms with Crippen LogP contribution in [0, 0.1) is 6.92 Å². The first kappa shape index (κ1) is 15.8. The van der Waals surface area contributed by atoms with Crippen LogP contribution in [0.3, 0.4) is 0 Å². The highest BCUT2D eigenvalue weighted by Gasteiger charge is 2.46. The second-order valence-electron chi connectivity index (χ2n) is 5.67. The zero-order valence-corrected chi connectivity index (χ0v) is 14.3. The van der Waals surface area contributed by atoms with Gasteiger partial charge in [0.1, 0.15) is 0 Å². The van der Waals surface area contributed by atoms with Gasteiger partial charge in [-0.2, -0.15) is 0 Å². The number of nitrogens with zero attached hydrogens (tertiary/aromatic N) is 2. The molecule has 0 unspecified atom stereocenters. The van der Waals surface area contributed by atoms with E-state index in [1.54, 1.807) is 11.8 Å². The Hall–Kier alpha value is -2.08. The van der Waals surface area contributed by atoms with E-state index >= 15 is 0 Å². The molecule has 0 bridgehead atoms. The Morgan fingerprint density at radius 3 is 2.52 bits per heavy atom. The minimum Gasteiger partial charge on any atom is -0.466 e. The summed E-state index contributed by atoms with van der Waals surface area (Å²) in [5.74, 6) is -0.485. The summed E-state index contributed by atoms with van der Waals surface area (Å²) < 4.78 is 4.94. The first-order valence-electron chi connectivity index (χ1n) is 7.38. The molecule has 0 radical (unpaired) electrons. The van der Waals surface area contributed by atoms with E-state index in [4.69, 9.17) is 4.74 Å². The Morgan fingerprint density at radius 2 is 1.91 bits per heavy atom. The summed E-state index contributed by atoms with van der Waals surface area (Å²) in [6.45, 7) is 5.64. The van der Waals surface area contributed by atoms with E-state index < -0.39 is 12.0 Å². The van der Waals surface area contributed by atoms with E-state index in [0.717, 1.165) is 11.1 Å². The largest absolute Gasteiger partial charge is 0.466 e. The number of aliphatic imine (C=N–C) groups is 1. The van der Waals surface area contributed by atoms with Crippen molar-refractivity contribution in [2.24, 2.45) is 4.99 Å². The van der Waals surface area contributed by atoms with Crippen molar-refractivity contribution in [1.82, 2.24) is 4.90 Å². The van der Waals surface area contributed by atoms with Crippen molar-refractivity contribution in [3.8, 4) is 0 Å². The van der Waals surface area contributed by atoms with Crippen molar-refractivity contribution in [1.29, 1.82) is 0 Å². The molecule has 3 rings (SSSR count). The molecule has 2 aliphatic rings. The zero-order chi connectivity index (χ0) is 16.7. The Bertz CT molecular complexity index is 737. The highest BCUT2D eigenvalue weighted by atomic mass is 32.2. The Kier molecular flexibility index (Phi) is 4.02. The number of methoxy groups -OCH3 is 1.